The third-order valence-electron chi connectivity index (χ3n) is 3.08. The number of benzene rings is 1. The molecule has 20 heavy (non-hydrogen) atoms. The van der Waals surface area contributed by atoms with Gasteiger partial charge in [-0.05, 0) is 30.2 Å². The van der Waals surface area contributed by atoms with E-state index in [-0.39, 0.29) is 0 Å². The van der Waals surface area contributed by atoms with E-state index >= 15 is 0 Å². The number of carbonyl (C=O) groups is 1. The summed E-state index contributed by atoms with van der Waals surface area (Å²) in [4.78, 5) is 15.7. The number of nitrogens with one attached hydrogen (secondary N) is 1. The summed E-state index contributed by atoms with van der Waals surface area (Å²) < 4.78 is 0. The van der Waals surface area contributed by atoms with Crippen LogP contribution in [-0.2, 0) is 13.1 Å². The first-order valence-corrected chi connectivity index (χ1v) is 6.40. The van der Waals surface area contributed by atoms with Gasteiger partial charge in [0.05, 0.1) is 5.56 Å². The number of amides is 1. The summed E-state index contributed by atoms with van der Waals surface area (Å²) >= 11 is 0. The summed E-state index contributed by atoms with van der Waals surface area (Å²) in [5, 5.41) is 3.16. The van der Waals surface area contributed by atoms with Gasteiger partial charge in [0.1, 0.15) is 5.82 Å². The first-order valence-electron chi connectivity index (χ1n) is 6.40. The van der Waals surface area contributed by atoms with E-state index in [0.717, 1.165) is 16.8 Å². The van der Waals surface area contributed by atoms with Crippen molar-refractivity contribution in [3.05, 3.63) is 58.8 Å². The van der Waals surface area contributed by atoms with Gasteiger partial charge in [0, 0.05) is 18.8 Å². The summed E-state index contributed by atoms with van der Waals surface area (Å²) in [6, 6.07) is 11.3. The van der Waals surface area contributed by atoms with E-state index in [1.807, 2.05) is 31.2 Å². The van der Waals surface area contributed by atoms with E-state index in [1.165, 1.54) is 0 Å². The Hall–Kier alpha value is -2.40. The van der Waals surface area contributed by atoms with Crippen molar-refractivity contribution < 1.29 is 4.79 Å². The number of rotatable bonds is 5. The number of nitrogens with two attached hydrogens (primary N) is 2. The highest BCUT2D eigenvalue weighted by atomic mass is 16.1. The number of carbonyl (C=O) groups excluding carboxylic acids is 1. The van der Waals surface area contributed by atoms with Crippen molar-refractivity contribution in [2.24, 2.45) is 11.5 Å². The van der Waals surface area contributed by atoms with Crippen LogP contribution in [0.3, 0.4) is 0 Å². The molecule has 5 nitrogen and oxygen atoms in total. The molecule has 0 saturated heterocycles. The third kappa shape index (κ3) is 3.13. The van der Waals surface area contributed by atoms with Crippen LogP contribution >= 0.6 is 0 Å². The molecule has 5 N–H and O–H groups in total. The summed E-state index contributed by atoms with van der Waals surface area (Å²) in [6.45, 7) is 2.88. The molecule has 1 aromatic heterocycles. The number of hydrogen-bond acceptors (Lipinski definition) is 4. The number of nitrogens with zero attached hydrogens (tertiary/aromatic N) is 1. The molecule has 0 aliphatic heterocycles. The molecule has 0 saturated carbocycles. The minimum absolute atomic E-state index is 0.390. The largest absolute Gasteiger partial charge is 0.365 e. The summed E-state index contributed by atoms with van der Waals surface area (Å²) in [6.07, 6.45) is 0. The van der Waals surface area contributed by atoms with Crippen molar-refractivity contribution in [3.8, 4) is 0 Å². The first kappa shape index (κ1) is 14.0. The molecule has 0 aliphatic rings. The molecule has 2 aromatic rings. The fourth-order valence-corrected chi connectivity index (χ4v) is 2.00. The lowest BCUT2D eigenvalue weighted by molar-refractivity contribution is 0.100. The van der Waals surface area contributed by atoms with Crippen molar-refractivity contribution in [1.29, 1.82) is 0 Å². The highest BCUT2D eigenvalue weighted by Crippen LogP contribution is 2.15. The molecule has 1 heterocycles. The van der Waals surface area contributed by atoms with Gasteiger partial charge in [0.2, 0.25) is 0 Å². The van der Waals surface area contributed by atoms with Crippen LogP contribution in [0.5, 0.6) is 0 Å². The molecule has 0 bridgehead atoms. The summed E-state index contributed by atoms with van der Waals surface area (Å²) in [7, 11) is 0. The maximum absolute atomic E-state index is 11.4. The van der Waals surface area contributed by atoms with E-state index in [2.05, 4.69) is 10.3 Å². The second kappa shape index (κ2) is 6.16. The topological polar surface area (TPSA) is 94.0 Å². The molecule has 1 aromatic carbocycles. The van der Waals surface area contributed by atoms with Crippen molar-refractivity contribution in [2.75, 3.05) is 5.32 Å². The summed E-state index contributed by atoms with van der Waals surface area (Å²) in [5.41, 5.74) is 14.4. The van der Waals surface area contributed by atoms with E-state index in [4.69, 9.17) is 11.5 Å². The van der Waals surface area contributed by atoms with Crippen LogP contribution in [0.2, 0.25) is 0 Å². The Balaban J connectivity index is 2.22. The van der Waals surface area contributed by atoms with Gasteiger partial charge >= 0.3 is 0 Å². The number of pyridine rings is 1. The maximum atomic E-state index is 11.4. The quantitative estimate of drug-likeness (QED) is 0.768. The van der Waals surface area contributed by atoms with Crippen LogP contribution in [0.1, 0.15) is 27.2 Å². The van der Waals surface area contributed by atoms with Crippen molar-refractivity contribution in [2.45, 2.75) is 20.0 Å². The van der Waals surface area contributed by atoms with Crippen LogP contribution in [-0.4, -0.2) is 10.9 Å². The van der Waals surface area contributed by atoms with Gasteiger partial charge in [0.15, 0.2) is 0 Å². The molecule has 0 aliphatic carbocycles. The molecule has 5 heteroatoms. The second-order valence-corrected chi connectivity index (χ2v) is 4.54. The standard InChI is InChI=1S/C15H18N4O/c1-10-6-7-13(14(17)20)15(19-10)18-9-12-5-3-2-4-11(12)8-16/h2-7H,8-9,16H2,1H3,(H2,17,20)(H,18,19). The second-order valence-electron chi connectivity index (χ2n) is 4.54. The Morgan fingerprint density at radius 1 is 1.20 bits per heavy atom. The minimum Gasteiger partial charge on any atom is -0.365 e. The van der Waals surface area contributed by atoms with Gasteiger partial charge < -0.3 is 16.8 Å². The third-order valence-corrected chi connectivity index (χ3v) is 3.08. The molecule has 0 fully saturated rings. The number of aryl methyl sites for hydroxylation is 1. The van der Waals surface area contributed by atoms with Crippen molar-refractivity contribution >= 4 is 11.7 Å². The van der Waals surface area contributed by atoms with Crippen LogP contribution in [0.15, 0.2) is 36.4 Å². The number of aromatic nitrogens is 1. The molecule has 104 valence electrons. The molecular formula is C15H18N4O. The Kier molecular flexibility index (Phi) is 4.32. The average Bonchev–Trinajstić information content (AvgIpc) is 2.45. The normalized spacial score (nSPS) is 10.3. The Bertz CT molecular complexity index is 625. The first-order chi connectivity index (χ1) is 9.61. The van der Waals surface area contributed by atoms with Crippen LogP contribution in [0.25, 0.3) is 0 Å². The molecule has 0 radical (unpaired) electrons. The molecule has 0 unspecified atom stereocenters. The zero-order valence-corrected chi connectivity index (χ0v) is 11.4. The minimum atomic E-state index is -0.493. The Morgan fingerprint density at radius 2 is 1.90 bits per heavy atom. The van der Waals surface area contributed by atoms with Gasteiger partial charge in [-0.2, -0.15) is 0 Å². The van der Waals surface area contributed by atoms with E-state index < -0.39 is 5.91 Å². The fourth-order valence-electron chi connectivity index (χ4n) is 2.00. The van der Waals surface area contributed by atoms with Crippen molar-refractivity contribution in [1.82, 2.24) is 4.98 Å². The number of anilines is 1. The van der Waals surface area contributed by atoms with Gasteiger partial charge in [0.25, 0.3) is 5.91 Å². The number of hydrogen-bond donors (Lipinski definition) is 3. The smallest absolute Gasteiger partial charge is 0.252 e. The monoisotopic (exact) mass is 270 g/mol. The molecule has 2 rings (SSSR count). The van der Waals surface area contributed by atoms with Gasteiger partial charge in [-0.1, -0.05) is 24.3 Å². The highest BCUT2D eigenvalue weighted by molar-refractivity contribution is 5.97. The zero-order chi connectivity index (χ0) is 14.5. The van der Waals surface area contributed by atoms with Gasteiger partial charge in [-0.3, -0.25) is 4.79 Å². The molecule has 1 amide bonds. The van der Waals surface area contributed by atoms with E-state index in [1.54, 1.807) is 12.1 Å². The van der Waals surface area contributed by atoms with Gasteiger partial charge in [-0.15, -0.1) is 0 Å². The zero-order valence-electron chi connectivity index (χ0n) is 11.4. The summed E-state index contributed by atoms with van der Waals surface area (Å²) in [5.74, 6) is 0.0106. The predicted molar refractivity (Wildman–Crippen MR) is 79.2 cm³/mol. The molecule has 0 atom stereocenters. The highest BCUT2D eigenvalue weighted by Gasteiger charge is 2.10. The van der Waals surface area contributed by atoms with E-state index in [9.17, 15) is 4.79 Å². The lowest BCUT2D eigenvalue weighted by atomic mass is 10.1. The van der Waals surface area contributed by atoms with Crippen molar-refractivity contribution in [3.63, 3.8) is 0 Å². The Morgan fingerprint density at radius 3 is 2.55 bits per heavy atom. The van der Waals surface area contributed by atoms with E-state index in [0.29, 0.717) is 24.5 Å². The lowest BCUT2D eigenvalue weighted by Gasteiger charge is -2.12. The molecule has 0 spiro atoms. The van der Waals surface area contributed by atoms with Gasteiger partial charge in [-0.25, -0.2) is 4.98 Å². The van der Waals surface area contributed by atoms with Crippen LogP contribution in [0.4, 0.5) is 5.82 Å². The lowest BCUT2D eigenvalue weighted by Crippen LogP contribution is -2.16. The SMILES string of the molecule is Cc1ccc(C(N)=O)c(NCc2ccccc2CN)n1. The Labute approximate surface area is 118 Å². The number of primary amides is 1. The maximum Gasteiger partial charge on any atom is 0.252 e. The fraction of sp³-hybridized carbons (Fsp3) is 0.200. The average molecular weight is 270 g/mol. The van der Waals surface area contributed by atoms with Crippen LogP contribution < -0.4 is 16.8 Å². The predicted octanol–water partition coefficient (Wildman–Crippen LogP) is 1.56. The van der Waals surface area contributed by atoms with Crippen LogP contribution in [0, 0.1) is 6.92 Å². The molecular weight excluding hydrogens is 252 g/mol.